The van der Waals surface area contributed by atoms with Gasteiger partial charge in [-0.25, -0.2) is 0 Å². The van der Waals surface area contributed by atoms with E-state index in [0.717, 1.165) is 6.04 Å². The Labute approximate surface area is 88.1 Å². The lowest BCUT2D eigenvalue weighted by Crippen LogP contribution is -2.48. The Morgan fingerprint density at radius 1 is 0.929 bits per heavy atom. The second-order valence-electron chi connectivity index (χ2n) is 5.17. The van der Waals surface area contributed by atoms with E-state index in [9.17, 15) is 0 Å². The molecule has 82 valence electrons. The highest BCUT2D eigenvalue weighted by atomic mass is 15.2. The molecule has 1 saturated carbocycles. The Morgan fingerprint density at radius 2 is 1.50 bits per heavy atom. The minimum absolute atomic E-state index is 0.702. The fourth-order valence-electron chi connectivity index (χ4n) is 2.60. The van der Waals surface area contributed by atoms with Gasteiger partial charge in [-0.2, -0.15) is 0 Å². The molecule has 0 radical (unpaired) electrons. The van der Waals surface area contributed by atoms with Gasteiger partial charge in [0, 0.05) is 18.1 Å². The highest BCUT2D eigenvalue weighted by molar-refractivity contribution is 4.83. The molecule has 0 aromatic heterocycles. The zero-order valence-electron chi connectivity index (χ0n) is 9.63. The molecule has 2 nitrogen and oxygen atoms in total. The third-order valence-electron chi connectivity index (χ3n) is 3.86. The fraction of sp³-hybridized carbons (Fsp3) is 1.00. The molecule has 2 aliphatic rings. The number of nitrogens with zero attached hydrogens (tertiary/aromatic N) is 1. The van der Waals surface area contributed by atoms with Crippen LogP contribution in [0.1, 0.15) is 46.0 Å². The predicted molar refractivity (Wildman–Crippen MR) is 60.5 cm³/mol. The molecule has 1 aliphatic carbocycles. The Bertz CT molecular complexity index is 165. The predicted octanol–water partition coefficient (Wildman–Crippen LogP) is 2.00. The molecular formula is C12H24N2. The van der Waals surface area contributed by atoms with Crippen LogP contribution in [0, 0.1) is 0 Å². The summed E-state index contributed by atoms with van der Waals surface area (Å²) in [5.74, 6) is 0. The van der Waals surface area contributed by atoms with Gasteiger partial charge in [-0.1, -0.05) is 6.42 Å². The third kappa shape index (κ3) is 2.48. The SMILES string of the molecule is CC1CCN(C2CCC2)CCC(C)N1. The Hall–Kier alpha value is -0.0800. The first-order valence-electron chi connectivity index (χ1n) is 6.26. The number of hydrogen-bond donors (Lipinski definition) is 1. The first-order chi connectivity index (χ1) is 6.75. The van der Waals surface area contributed by atoms with Crippen molar-refractivity contribution in [2.45, 2.75) is 64.1 Å². The molecule has 0 bridgehead atoms. The fourth-order valence-corrected chi connectivity index (χ4v) is 2.60. The van der Waals surface area contributed by atoms with E-state index in [1.165, 1.54) is 45.2 Å². The van der Waals surface area contributed by atoms with Gasteiger partial charge in [-0.15, -0.1) is 0 Å². The lowest BCUT2D eigenvalue weighted by Gasteiger charge is -2.40. The van der Waals surface area contributed by atoms with Crippen LogP contribution in [-0.2, 0) is 0 Å². The summed E-state index contributed by atoms with van der Waals surface area (Å²) in [5, 5.41) is 3.65. The first kappa shape index (κ1) is 10.4. The van der Waals surface area contributed by atoms with Crippen LogP contribution in [0.3, 0.4) is 0 Å². The van der Waals surface area contributed by atoms with Gasteiger partial charge in [0.1, 0.15) is 0 Å². The molecule has 2 rings (SSSR count). The van der Waals surface area contributed by atoms with E-state index in [4.69, 9.17) is 0 Å². The van der Waals surface area contributed by atoms with Crippen molar-refractivity contribution in [2.24, 2.45) is 0 Å². The summed E-state index contributed by atoms with van der Waals surface area (Å²) in [6.07, 6.45) is 7.01. The molecule has 1 N–H and O–H groups in total. The van der Waals surface area contributed by atoms with Crippen LogP contribution in [0.25, 0.3) is 0 Å². The van der Waals surface area contributed by atoms with Crippen LogP contribution < -0.4 is 5.32 Å². The van der Waals surface area contributed by atoms with Crippen molar-refractivity contribution in [1.29, 1.82) is 0 Å². The van der Waals surface area contributed by atoms with Crippen LogP contribution in [0.5, 0.6) is 0 Å². The molecule has 2 fully saturated rings. The van der Waals surface area contributed by atoms with Crippen molar-refractivity contribution in [3.05, 3.63) is 0 Å². The molecule has 2 heteroatoms. The maximum Gasteiger partial charge on any atom is 0.00952 e. The van der Waals surface area contributed by atoms with Crippen molar-refractivity contribution >= 4 is 0 Å². The molecular weight excluding hydrogens is 172 g/mol. The Kier molecular flexibility index (Phi) is 3.45. The normalized spacial score (nSPS) is 37.3. The van der Waals surface area contributed by atoms with E-state index in [1.54, 1.807) is 0 Å². The zero-order chi connectivity index (χ0) is 9.97. The number of nitrogens with one attached hydrogen (secondary N) is 1. The van der Waals surface area contributed by atoms with Gasteiger partial charge in [0.05, 0.1) is 0 Å². The van der Waals surface area contributed by atoms with Gasteiger partial charge in [-0.05, 0) is 52.6 Å². The lowest BCUT2D eigenvalue weighted by molar-refractivity contribution is 0.107. The van der Waals surface area contributed by atoms with Gasteiger partial charge < -0.3 is 10.2 Å². The monoisotopic (exact) mass is 196 g/mol. The van der Waals surface area contributed by atoms with E-state index in [1.807, 2.05) is 0 Å². The maximum absolute atomic E-state index is 3.65. The van der Waals surface area contributed by atoms with Crippen LogP contribution >= 0.6 is 0 Å². The van der Waals surface area contributed by atoms with Gasteiger partial charge in [0.2, 0.25) is 0 Å². The second kappa shape index (κ2) is 4.63. The van der Waals surface area contributed by atoms with Gasteiger partial charge in [0.15, 0.2) is 0 Å². The van der Waals surface area contributed by atoms with Crippen LogP contribution in [0.15, 0.2) is 0 Å². The molecule has 14 heavy (non-hydrogen) atoms. The van der Waals surface area contributed by atoms with Crippen molar-refractivity contribution in [1.82, 2.24) is 10.2 Å². The molecule has 1 aliphatic heterocycles. The van der Waals surface area contributed by atoms with Gasteiger partial charge in [0.25, 0.3) is 0 Å². The minimum Gasteiger partial charge on any atom is -0.312 e. The molecule has 2 atom stereocenters. The first-order valence-corrected chi connectivity index (χ1v) is 6.26. The van der Waals surface area contributed by atoms with E-state index >= 15 is 0 Å². The average molecular weight is 196 g/mol. The lowest BCUT2D eigenvalue weighted by atomic mass is 9.90. The van der Waals surface area contributed by atoms with E-state index in [-0.39, 0.29) is 0 Å². The highest BCUT2D eigenvalue weighted by Crippen LogP contribution is 2.25. The third-order valence-corrected chi connectivity index (χ3v) is 3.86. The van der Waals surface area contributed by atoms with Crippen LogP contribution in [0.4, 0.5) is 0 Å². The minimum atomic E-state index is 0.702. The summed E-state index contributed by atoms with van der Waals surface area (Å²) >= 11 is 0. The smallest absolute Gasteiger partial charge is 0.00952 e. The largest absolute Gasteiger partial charge is 0.312 e. The highest BCUT2D eigenvalue weighted by Gasteiger charge is 2.26. The van der Waals surface area contributed by atoms with Crippen molar-refractivity contribution in [2.75, 3.05) is 13.1 Å². The topological polar surface area (TPSA) is 15.3 Å². The summed E-state index contributed by atoms with van der Waals surface area (Å²) in [6.45, 7) is 7.26. The zero-order valence-corrected chi connectivity index (χ0v) is 9.63. The van der Waals surface area contributed by atoms with Crippen LogP contribution in [-0.4, -0.2) is 36.1 Å². The number of rotatable bonds is 1. The Balaban J connectivity index is 1.85. The second-order valence-corrected chi connectivity index (χ2v) is 5.17. The summed E-state index contributed by atoms with van der Waals surface area (Å²) in [6, 6.07) is 2.34. The van der Waals surface area contributed by atoms with Crippen molar-refractivity contribution < 1.29 is 0 Å². The summed E-state index contributed by atoms with van der Waals surface area (Å²) in [4.78, 5) is 2.73. The number of hydrogen-bond acceptors (Lipinski definition) is 2. The van der Waals surface area contributed by atoms with E-state index in [0.29, 0.717) is 12.1 Å². The quantitative estimate of drug-likeness (QED) is 0.690. The molecule has 2 unspecified atom stereocenters. The van der Waals surface area contributed by atoms with Gasteiger partial charge >= 0.3 is 0 Å². The molecule has 0 spiro atoms. The average Bonchev–Trinajstić information content (AvgIpc) is 2.04. The molecule has 0 amide bonds. The van der Waals surface area contributed by atoms with Crippen LogP contribution in [0.2, 0.25) is 0 Å². The van der Waals surface area contributed by atoms with E-state index < -0.39 is 0 Å². The van der Waals surface area contributed by atoms with Crippen molar-refractivity contribution in [3.8, 4) is 0 Å². The molecule has 1 saturated heterocycles. The standard InChI is InChI=1S/C12H24N2/c1-10-6-8-14(12-4-3-5-12)9-7-11(2)13-10/h10-13H,3-9H2,1-2H3. The maximum atomic E-state index is 3.65. The van der Waals surface area contributed by atoms with Gasteiger partial charge in [-0.3, -0.25) is 0 Å². The summed E-state index contributed by atoms with van der Waals surface area (Å²) in [7, 11) is 0. The Morgan fingerprint density at radius 3 is 1.93 bits per heavy atom. The molecule has 1 heterocycles. The summed E-state index contributed by atoms with van der Waals surface area (Å²) < 4.78 is 0. The molecule has 0 aromatic rings. The molecule has 0 aromatic carbocycles. The summed E-state index contributed by atoms with van der Waals surface area (Å²) in [5.41, 5.74) is 0. The van der Waals surface area contributed by atoms with Crippen molar-refractivity contribution in [3.63, 3.8) is 0 Å². The van der Waals surface area contributed by atoms with E-state index in [2.05, 4.69) is 24.1 Å².